The molecular formula is C15H22N2O2. The third-order valence-corrected chi connectivity index (χ3v) is 4.15. The van der Waals surface area contributed by atoms with Gasteiger partial charge in [-0.3, -0.25) is 10.1 Å². The molecule has 4 nitrogen and oxygen atoms in total. The summed E-state index contributed by atoms with van der Waals surface area (Å²) in [5.41, 5.74) is 2.12. The Labute approximate surface area is 114 Å². The highest BCUT2D eigenvalue weighted by Crippen LogP contribution is 2.29. The molecule has 1 saturated carbocycles. The second-order valence-electron chi connectivity index (χ2n) is 5.76. The molecule has 2 rings (SSSR count). The van der Waals surface area contributed by atoms with Crippen LogP contribution in [0.1, 0.15) is 38.2 Å². The van der Waals surface area contributed by atoms with Gasteiger partial charge in [-0.2, -0.15) is 0 Å². The van der Waals surface area contributed by atoms with Crippen LogP contribution in [0.15, 0.2) is 18.2 Å². The molecule has 1 aromatic rings. The number of benzene rings is 1. The fourth-order valence-electron chi connectivity index (χ4n) is 2.70. The Bertz CT molecular complexity index is 451. The normalized spacial score (nSPS) is 23.1. The molecule has 0 radical (unpaired) electrons. The van der Waals surface area contributed by atoms with Crippen molar-refractivity contribution in [2.24, 2.45) is 11.8 Å². The minimum absolute atomic E-state index is 0.158. The molecule has 0 heterocycles. The number of aryl methyl sites for hydroxylation is 1. The quantitative estimate of drug-likeness (QED) is 0.655. The summed E-state index contributed by atoms with van der Waals surface area (Å²) >= 11 is 0. The van der Waals surface area contributed by atoms with Gasteiger partial charge in [-0.1, -0.05) is 25.8 Å². The van der Waals surface area contributed by atoms with Crippen molar-refractivity contribution in [2.75, 3.05) is 11.9 Å². The van der Waals surface area contributed by atoms with E-state index in [4.69, 9.17) is 0 Å². The largest absolute Gasteiger partial charge is 0.384 e. The lowest BCUT2D eigenvalue weighted by Gasteiger charge is -2.26. The van der Waals surface area contributed by atoms with Crippen molar-refractivity contribution in [1.29, 1.82) is 0 Å². The van der Waals surface area contributed by atoms with Crippen molar-refractivity contribution in [3.63, 3.8) is 0 Å². The summed E-state index contributed by atoms with van der Waals surface area (Å²) in [6, 6.07) is 5.01. The summed E-state index contributed by atoms with van der Waals surface area (Å²) in [6.07, 6.45) is 5.14. The van der Waals surface area contributed by atoms with Crippen LogP contribution in [-0.2, 0) is 0 Å². The summed E-state index contributed by atoms with van der Waals surface area (Å²) in [5, 5.41) is 14.2. The third-order valence-electron chi connectivity index (χ3n) is 4.15. The van der Waals surface area contributed by atoms with Gasteiger partial charge in [0.2, 0.25) is 0 Å². The standard InChI is InChI=1S/C15H22N2O2/c1-11-3-6-13(7-4-11)10-16-15-9-14(17(18)19)8-5-12(15)2/h5,8-9,11,13,16H,3-4,6-7,10H2,1-2H3. The van der Waals surface area contributed by atoms with E-state index in [9.17, 15) is 10.1 Å². The Kier molecular flexibility index (Phi) is 4.40. The van der Waals surface area contributed by atoms with E-state index in [1.807, 2.05) is 13.0 Å². The zero-order chi connectivity index (χ0) is 13.8. The van der Waals surface area contributed by atoms with Crippen molar-refractivity contribution in [2.45, 2.75) is 39.5 Å². The molecule has 4 heteroatoms. The number of anilines is 1. The Morgan fingerprint density at radius 1 is 1.32 bits per heavy atom. The van der Waals surface area contributed by atoms with Gasteiger partial charge in [-0.25, -0.2) is 0 Å². The Hall–Kier alpha value is -1.58. The number of nitro benzene ring substituents is 1. The minimum Gasteiger partial charge on any atom is -0.384 e. The van der Waals surface area contributed by atoms with Crippen molar-refractivity contribution < 1.29 is 4.92 Å². The van der Waals surface area contributed by atoms with Crippen LogP contribution >= 0.6 is 0 Å². The summed E-state index contributed by atoms with van der Waals surface area (Å²) in [4.78, 5) is 10.4. The molecule has 1 aliphatic carbocycles. The SMILES string of the molecule is Cc1ccc([N+](=O)[O-])cc1NCC1CCC(C)CC1. The minimum atomic E-state index is -0.340. The van der Waals surface area contributed by atoms with Crippen LogP contribution < -0.4 is 5.32 Å². The predicted molar refractivity (Wildman–Crippen MR) is 77.4 cm³/mol. The van der Waals surface area contributed by atoms with Crippen molar-refractivity contribution in [1.82, 2.24) is 0 Å². The lowest BCUT2D eigenvalue weighted by Crippen LogP contribution is -2.20. The van der Waals surface area contributed by atoms with Crippen molar-refractivity contribution in [3.05, 3.63) is 33.9 Å². The van der Waals surface area contributed by atoms with Crippen LogP contribution in [0.2, 0.25) is 0 Å². The van der Waals surface area contributed by atoms with Gasteiger partial charge in [0.05, 0.1) is 4.92 Å². The first kappa shape index (κ1) is 13.8. The van der Waals surface area contributed by atoms with Crippen LogP contribution in [0.4, 0.5) is 11.4 Å². The van der Waals surface area contributed by atoms with E-state index in [1.54, 1.807) is 12.1 Å². The Balaban J connectivity index is 1.95. The van der Waals surface area contributed by atoms with Crippen LogP contribution in [0.3, 0.4) is 0 Å². The fourth-order valence-corrected chi connectivity index (χ4v) is 2.70. The number of hydrogen-bond donors (Lipinski definition) is 1. The monoisotopic (exact) mass is 262 g/mol. The first-order valence-corrected chi connectivity index (χ1v) is 7.05. The van der Waals surface area contributed by atoms with Gasteiger partial charge in [0.15, 0.2) is 0 Å². The van der Waals surface area contributed by atoms with Gasteiger partial charge in [-0.05, 0) is 37.2 Å². The third kappa shape index (κ3) is 3.69. The van der Waals surface area contributed by atoms with Crippen molar-refractivity contribution in [3.8, 4) is 0 Å². The summed E-state index contributed by atoms with van der Waals surface area (Å²) in [6.45, 7) is 5.22. The fraction of sp³-hybridized carbons (Fsp3) is 0.600. The number of hydrogen-bond acceptors (Lipinski definition) is 3. The lowest BCUT2D eigenvalue weighted by molar-refractivity contribution is -0.384. The molecule has 0 aromatic heterocycles. The molecule has 1 aliphatic rings. The molecule has 1 N–H and O–H groups in total. The molecule has 0 bridgehead atoms. The van der Waals surface area contributed by atoms with E-state index in [1.165, 1.54) is 25.7 Å². The highest BCUT2D eigenvalue weighted by atomic mass is 16.6. The maximum atomic E-state index is 10.8. The molecule has 0 saturated heterocycles. The number of rotatable bonds is 4. The van der Waals surface area contributed by atoms with Gasteiger partial charge in [-0.15, -0.1) is 0 Å². The molecule has 104 valence electrons. The lowest BCUT2D eigenvalue weighted by atomic mass is 9.83. The smallest absolute Gasteiger partial charge is 0.271 e. The van der Waals surface area contributed by atoms with E-state index in [0.717, 1.165) is 23.7 Å². The maximum Gasteiger partial charge on any atom is 0.271 e. The predicted octanol–water partition coefficient (Wildman–Crippen LogP) is 4.14. The average Bonchev–Trinajstić information content (AvgIpc) is 2.39. The van der Waals surface area contributed by atoms with Gasteiger partial charge in [0.25, 0.3) is 5.69 Å². The van der Waals surface area contributed by atoms with Crippen LogP contribution in [0, 0.1) is 28.9 Å². The zero-order valence-corrected chi connectivity index (χ0v) is 11.7. The highest BCUT2D eigenvalue weighted by molar-refractivity contribution is 5.56. The van der Waals surface area contributed by atoms with Crippen LogP contribution in [0.25, 0.3) is 0 Å². The van der Waals surface area contributed by atoms with Gasteiger partial charge >= 0.3 is 0 Å². The zero-order valence-electron chi connectivity index (χ0n) is 11.7. The molecule has 0 spiro atoms. The first-order valence-electron chi connectivity index (χ1n) is 7.05. The number of nitrogens with one attached hydrogen (secondary N) is 1. The highest BCUT2D eigenvalue weighted by Gasteiger charge is 2.18. The van der Waals surface area contributed by atoms with E-state index in [0.29, 0.717) is 5.92 Å². The van der Waals surface area contributed by atoms with Crippen LogP contribution in [-0.4, -0.2) is 11.5 Å². The van der Waals surface area contributed by atoms with Crippen molar-refractivity contribution >= 4 is 11.4 Å². The molecule has 19 heavy (non-hydrogen) atoms. The molecule has 0 aliphatic heterocycles. The number of nitrogens with zero attached hydrogens (tertiary/aromatic N) is 1. The molecule has 1 fully saturated rings. The topological polar surface area (TPSA) is 55.2 Å². The molecular weight excluding hydrogens is 240 g/mol. The van der Waals surface area contributed by atoms with E-state index in [-0.39, 0.29) is 10.6 Å². The molecule has 0 amide bonds. The summed E-state index contributed by atoms with van der Waals surface area (Å²) in [7, 11) is 0. The molecule has 1 aromatic carbocycles. The summed E-state index contributed by atoms with van der Waals surface area (Å²) < 4.78 is 0. The average molecular weight is 262 g/mol. The number of non-ortho nitro benzene ring substituents is 1. The first-order chi connectivity index (χ1) is 9.06. The van der Waals surface area contributed by atoms with Gasteiger partial charge in [0, 0.05) is 24.4 Å². The van der Waals surface area contributed by atoms with E-state index >= 15 is 0 Å². The summed E-state index contributed by atoms with van der Waals surface area (Å²) in [5.74, 6) is 1.56. The van der Waals surface area contributed by atoms with Gasteiger partial charge < -0.3 is 5.32 Å². The van der Waals surface area contributed by atoms with E-state index < -0.39 is 0 Å². The molecule has 0 atom stereocenters. The maximum absolute atomic E-state index is 10.8. The molecule has 0 unspecified atom stereocenters. The van der Waals surface area contributed by atoms with E-state index in [2.05, 4.69) is 12.2 Å². The second-order valence-corrected chi connectivity index (χ2v) is 5.76. The Morgan fingerprint density at radius 2 is 2.00 bits per heavy atom. The van der Waals surface area contributed by atoms with Gasteiger partial charge in [0.1, 0.15) is 0 Å². The Morgan fingerprint density at radius 3 is 2.63 bits per heavy atom. The second kappa shape index (κ2) is 6.04. The number of nitro groups is 1. The van der Waals surface area contributed by atoms with Crippen LogP contribution in [0.5, 0.6) is 0 Å².